The third-order valence-corrected chi connectivity index (χ3v) is 4.03. The predicted octanol–water partition coefficient (Wildman–Crippen LogP) is 1.22. The average Bonchev–Trinajstić information content (AvgIpc) is 3.06. The van der Waals surface area contributed by atoms with Crippen LogP contribution in [0.25, 0.3) is 5.78 Å². The lowest BCUT2D eigenvalue weighted by atomic mass is 10.2. The molecule has 24 heavy (non-hydrogen) atoms. The van der Waals surface area contributed by atoms with Gasteiger partial charge in [-0.1, -0.05) is 18.2 Å². The van der Waals surface area contributed by atoms with Gasteiger partial charge >= 0.3 is 0 Å². The molecule has 0 atom stereocenters. The average molecular weight is 321 g/mol. The Morgan fingerprint density at radius 1 is 1.08 bits per heavy atom. The number of imidazole rings is 1. The topological polar surface area (TPSA) is 70.8 Å². The summed E-state index contributed by atoms with van der Waals surface area (Å²) in [6.45, 7) is 0.996. The van der Waals surface area contributed by atoms with Crippen molar-refractivity contribution in [2.24, 2.45) is 0 Å². The summed E-state index contributed by atoms with van der Waals surface area (Å²) in [5, 5.41) is 0. The number of benzene rings is 1. The zero-order valence-electron chi connectivity index (χ0n) is 12.9. The minimum atomic E-state index is -0.249. The van der Waals surface area contributed by atoms with Crippen molar-refractivity contribution in [2.75, 3.05) is 24.5 Å². The van der Waals surface area contributed by atoms with Crippen LogP contribution >= 0.6 is 0 Å². The molecule has 4 rings (SSSR count). The maximum atomic E-state index is 12.6. The number of rotatable bonds is 2. The Balaban J connectivity index is 1.52. The van der Waals surface area contributed by atoms with E-state index >= 15 is 0 Å². The molecule has 0 unspecified atom stereocenters. The molecule has 0 saturated carbocycles. The van der Waals surface area contributed by atoms with Crippen molar-refractivity contribution in [3.05, 3.63) is 60.7 Å². The Hall–Kier alpha value is -3.22. The molecule has 0 N–H and O–H groups in total. The highest BCUT2D eigenvalue weighted by molar-refractivity contribution is 6.01. The van der Waals surface area contributed by atoms with E-state index in [4.69, 9.17) is 0 Å². The summed E-state index contributed by atoms with van der Waals surface area (Å²) in [6, 6.07) is 11.2. The summed E-state index contributed by atoms with van der Waals surface area (Å²) in [6.07, 6.45) is 5.04. The first-order valence-corrected chi connectivity index (χ1v) is 7.67. The normalized spacial score (nSPS) is 15.1. The quantitative estimate of drug-likeness (QED) is 0.711. The molecule has 7 heteroatoms. The maximum absolute atomic E-state index is 12.6. The summed E-state index contributed by atoms with van der Waals surface area (Å²) in [4.78, 5) is 36.6. The molecule has 2 amide bonds. The van der Waals surface area contributed by atoms with Crippen LogP contribution in [0.2, 0.25) is 0 Å². The first-order chi connectivity index (χ1) is 11.7. The highest BCUT2D eigenvalue weighted by Crippen LogP contribution is 2.17. The van der Waals surface area contributed by atoms with Crippen LogP contribution in [0.3, 0.4) is 0 Å². The number of carbonyl (C=O) groups excluding carboxylic acids is 2. The number of hydrogen-bond acceptors (Lipinski definition) is 4. The SMILES string of the molecule is O=C(c1cn2cccnc2n1)N1CCN(c2ccccc2)C(=O)C1. The number of nitrogens with zero attached hydrogens (tertiary/aromatic N) is 5. The van der Waals surface area contributed by atoms with Crippen molar-refractivity contribution in [3.63, 3.8) is 0 Å². The molecular weight excluding hydrogens is 306 g/mol. The predicted molar refractivity (Wildman–Crippen MR) is 87.7 cm³/mol. The summed E-state index contributed by atoms with van der Waals surface area (Å²) in [5.74, 6) is 0.124. The van der Waals surface area contributed by atoms with E-state index in [0.717, 1.165) is 5.69 Å². The monoisotopic (exact) mass is 321 g/mol. The Morgan fingerprint density at radius 3 is 2.67 bits per heavy atom. The minimum Gasteiger partial charge on any atom is -0.326 e. The van der Waals surface area contributed by atoms with Gasteiger partial charge in [0.2, 0.25) is 11.7 Å². The minimum absolute atomic E-state index is 0.0506. The molecule has 3 aromatic rings. The van der Waals surface area contributed by atoms with E-state index in [1.165, 1.54) is 4.90 Å². The lowest BCUT2D eigenvalue weighted by molar-refractivity contribution is -0.120. The van der Waals surface area contributed by atoms with Gasteiger partial charge < -0.3 is 9.80 Å². The zero-order valence-corrected chi connectivity index (χ0v) is 12.9. The smallest absolute Gasteiger partial charge is 0.274 e. The number of aromatic nitrogens is 3. The van der Waals surface area contributed by atoms with E-state index < -0.39 is 0 Å². The van der Waals surface area contributed by atoms with Crippen molar-refractivity contribution in [2.45, 2.75) is 0 Å². The molecule has 1 saturated heterocycles. The number of carbonyl (C=O) groups is 2. The maximum Gasteiger partial charge on any atom is 0.274 e. The van der Waals surface area contributed by atoms with Gasteiger partial charge in [-0.3, -0.25) is 14.0 Å². The van der Waals surface area contributed by atoms with Crippen LogP contribution in [0.5, 0.6) is 0 Å². The van der Waals surface area contributed by atoms with Crippen LogP contribution < -0.4 is 4.90 Å². The second kappa shape index (κ2) is 5.77. The molecule has 0 bridgehead atoms. The van der Waals surface area contributed by atoms with E-state index in [1.807, 2.05) is 30.3 Å². The number of fused-ring (bicyclic) bond motifs is 1. The highest BCUT2D eigenvalue weighted by atomic mass is 16.2. The number of para-hydroxylation sites is 1. The van der Waals surface area contributed by atoms with E-state index in [-0.39, 0.29) is 18.4 Å². The third-order valence-electron chi connectivity index (χ3n) is 4.03. The van der Waals surface area contributed by atoms with E-state index in [2.05, 4.69) is 9.97 Å². The fourth-order valence-electron chi connectivity index (χ4n) is 2.82. The molecule has 120 valence electrons. The summed E-state index contributed by atoms with van der Waals surface area (Å²) >= 11 is 0. The summed E-state index contributed by atoms with van der Waals surface area (Å²) in [7, 11) is 0. The summed E-state index contributed by atoms with van der Waals surface area (Å²) < 4.78 is 1.69. The largest absolute Gasteiger partial charge is 0.326 e. The van der Waals surface area contributed by atoms with Crippen LogP contribution in [-0.4, -0.2) is 50.7 Å². The van der Waals surface area contributed by atoms with Crippen LogP contribution in [0.1, 0.15) is 10.5 Å². The first-order valence-electron chi connectivity index (χ1n) is 7.67. The Bertz CT molecular complexity index is 872. The molecule has 0 aliphatic carbocycles. The number of piperazine rings is 1. The van der Waals surface area contributed by atoms with E-state index in [0.29, 0.717) is 24.6 Å². The fraction of sp³-hybridized carbons (Fsp3) is 0.176. The molecule has 0 spiro atoms. The van der Waals surface area contributed by atoms with Crippen molar-refractivity contribution < 1.29 is 9.59 Å². The van der Waals surface area contributed by atoms with Gasteiger partial charge in [-0.15, -0.1) is 0 Å². The molecular formula is C17H15N5O2. The van der Waals surface area contributed by atoms with Crippen LogP contribution in [-0.2, 0) is 4.79 Å². The van der Waals surface area contributed by atoms with Crippen LogP contribution in [0.4, 0.5) is 5.69 Å². The number of hydrogen-bond donors (Lipinski definition) is 0. The lowest BCUT2D eigenvalue weighted by Gasteiger charge is -2.34. The van der Waals surface area contributed by atoms with Gasteiger partial charge in [-0.25, -0.2) is 9.97 Å². The standard InChI is InChI=1S/C17H15N5O2/c23-15-12-20(9-10-22(15)13-5-2-1-3-6-13)16(24)14-11-21-8-4-7-18-17(21)19-14/h1-8,11H,9-10,12H2. The van der Waals surface area contributed by atoms with Crippen molar-refractivity contribution in [3.8, 4) is 0 Å². The van der Waals surface area contributed by atoms with E-state index in [9.17, 15) is 9.59 Å². The number of amides is 2. The second-order valence-electron chi connectivity index (χ2n) is 5.56. The second-order valence-corrected chi connectivity index (χ2v) is 5.56. The highest BCUT2D eigenvalue weighted by Gasteiger charge is 2.29. The van der Waals surface area contributed by atoms with Crippen LogP contribution in [0.15, 0.2) is 55.0 Å². The Kier molecular flexibility index (Phi) is 3.45. The van der Waals surface area contributed by atoms with Gasteiger partial charge in [-0.05, 0) is 18.2 Å². The van der Waals surface area contributed by atoms with Crippen molar-refractivity contribution >= 4 is 23.3 Å². The van der Waals surface area contributed by atoms with Gasteiger partial charge in [0.05, 0.1) is 0 Å². The lowest BCUT2D eigenvalue weighted by Crippen LogP contribution is -2.52. The molecule has 1 fully saturated rings. The number of anilines is 1. The molecule has 1 aromatic carbocycles. The van der Waals surface area contributed by atoms with Gasteiger partial charge in [0.25, 0.3) is 5.91 Å². The van der Waals surface area contributed by atoms with Crippen molar-refractivity contribution in [1.82, 2.24) is 19.3 Å². The zero-order chi connectivity index (χ0) is 16.5. The third kappa shape index (κ3) is 2.50. The molecule has 2 aromatic heterocycles. The van der Waals surface area contributed by atoms with Crippen molar-refractivity contribution in [1.29, 1.82) is 0 Å². The van der Waals surface area contributed by atoms with E-state index in [1.54, 1.807) is 34.0 Å². The molecule has 3 heterocycles. The Labute approximate surface area is 138 Å². The van der Waals surface area contributed by atoms with Gasteiger partial charge in [0, 0.05) is 37.4 Å². The summed E-state index contributed by atoms with van der Waals surface area (Å²) in [5.41, 5.74) is 1.15. The first kappa shape index (κ1) is 14.4. The van der Waals surface area contributed by atoms with Gasteiger partial charge in [0.1, 0.15) is 12.2 Å². The van der Waals surface area contributed by atoms with Crippen LogP contribution in [0, 0.1) is 0 Å². The Morgan fingerprint density at radius 2 is 1.92 bits per heavy atom. The molecule has 1 aliphatic rings. The molecule has 7 nitrogen and oxygen atoms in total. The van der Waals surface area contributed by atoms with Gasteiger partial charge in [0.15, 0.2) is 0 Å². The van der Waals surface area contributed by atoms with Gasteiger partial charge in [-0.2, -0.15) is 0 Å². The fourth-order valence-corrected chi connectivity index (χ4v) is 2.82. The molecule has 1 aliphatic heterocycles. The molecule has 0 radical (unpaired) electrons.